The van der Waals surface area contributed by atoms with Crippen molar-refractivity contribution >= 4 is 6.03 Å². The van der Waals surface area contributed by atoms with Gasteiger partial charge in [-0.05, 0) is 31.0 Å². The Hall–Kier alpha value is -2.50. The van der Waals surface area contributed by atoms with Crippen molar-refractivity contribution in [1.29, 1.82) is 0 Å². The fraction of sp³-hybridized carbons (Fsp3) is 0.474. The van der Waals surface area contributed by atoms with E-state index in [1.807, 2.05) is 30.1 Å². The molecule has 0 N–H and O–H groups in total. The Balaban J connectivity index is 1.78. The second-order valence-electron chi connectivity index (χ2n) is 6.42. The second-order valence-corrected chi connectivity index (χ2v) is 6.42. The average molecular weight is 343 g/mol. The van der Waals surface area contributed by atoms with Gasteiger partial charge in [-0.25, -0.2) is 9.78 Å². The van der Waals surface area contributed by atoms with Crippen molar-refractivity contribution in [3.63, 3.8) is 0 Å². The van der Waals surface area contributed by atoms with E-state index in [2.05, 4.69) is 4.98 Å². The molecule has 1 heterocycles. The van der Waals surface area contributed by atoms with Gasteiger partial charge in [0.1, 0.15) is 6.33 Å². The highest BCUT2D eigenvalue weighted by Gasteiger charge is 2.23. The van der Waals surface area contributed by atoms with Crippen LogP contribution in [0.15, 0.2) is 30.7 Å². The van der Waals surface area contributed by atoms with Gasteiger partial charge in [0.15, 0.2) is 11.5 Å². The lowest BCUT2D eigenvalue weighted by Crippen LogP contribution is -2.40. The molecule has 1 aromatic carbocycles. The van der Waals surface area contributed by atoms with Crippen LogP contribution in [0, 0.1) is 0 Å². The van der Waals surface area contributed by atoms with Crippen LogP contribution < -0.4 is 9.47 Å². The first kappa shape index (κ1) is 17.3. The number of benzene rings is 1. The van der Waals surface area contributed by atoms with Crippen LogP contribution in [0.5, 0.6) is 11.5 Å². The van der Waals surface area contributed by atoms with Gasteiger partial charge in [-0.1, -0.05) is 19.3 Å². The molecule has 0 radical (unpaired) electrons. The zero-order valence-electron chi connectivity index (χ0n) is 15.1. The van der Waals surface area contributed by atoms with Gasteiger partial charge in [0.2, 0.25) is 0 Å². The molecule has 0 unspecified atom stereocenters. The Morgan fingerprint density at radius 1 is 1.16 bits per heavy atom. The quantitative estimate of drug-likeness (QED) is 0.847. The summed E-state index contributed by atoms with van der Waals surface area (Å²) in [5, 5.41) is 0. The third kappa shape index (κ3) is 3.62. The highest BCUT2D eigenvalue weighted by Crippen LogP contribution is 2.31. The summed E-state index contributed by atoms with van der Waals surface area (Å²) in [4.78, 5) is 18.9. The Labute approximate surface area is 148 Å². The van der Waals surface area contributed by atoms with Gasteiger partial charge in [0, 0.05) is 24.8 Å². The van der Waals surface area contributed by atoms with Crippen LogP contribution in [0.2, 0.25) is 0 Å². The molecule has 0 saturated heterocycles. The van der Waals surface area contributed by atoms with Gasteiger partial charge in [0.05, 0.1) is 19.9 Å². The molecule has 1 fully saturated rings. The van der Waals surface area contributed by atoms with Gasteiger partial charge < -0.3 is 14.4 Å². The van der Waals surface area contributed by atoms with Crippen molar-refractivity contribution in [3.05, 3.63) is 30.7 Å². The van der Waals surface area contributed by atoms with Gasteiger partial charge in [0.25, 0.3) is 0 Å². The Morgan fingerprint density at radius 2 is 1.88 bits per heavy atom. The fourth-order valence-electron chi connectivity index (χ4n) is 3.38. The molecule has 1 aliphatic rings. The number of carbonyl (C=O) groups excluding carboxylic acids is 1. The topological polar surface area (TPSA) is 56.6 Å². The number of hydrogen-bond donors (Lipinski definition) is 0. The lowest BCUT2D eigenvalue weighted by atomic mass is 9.95. The first-order valence-corrected chi connectivity index (χ1v) is 8.67. The molecule has 3 rings (SSSR count). The Morgan fingerprint density at radius 3 is 2.56 bits per heavy atom. The zero-order valence-corrected chi connectivity index (χ0v) is 15.1. The zero-order chi connectivity index (χ0) is 17.8. The van der Waals surface area contributed by atoms with Crippen molar-refractivity contribution in [2.45, 2.75) is 38.1 Å². The summed E-state index contributed by atoms with van der Waals surface area (Å²) in [5.74, 6) is 1.30. The van der Waals surface area contributed by atoms with E-state index >= 15 is 0 Å². The number of nitrogens with zero attached hydrogens (tertiary/aromatic N) is 3. The molecule has 2 aromatic rings. The van der Waals surface area contributed by atoms with E-state index in [1.165, 1.54) is 19.3 Å². The molecule has 0 bridgehead atoms. The molecule has 1 saturated carbocycles. The van der Waals surface area contributed by atoms with Crippen LogP contribution in [-0.4, -0.2) is 47.8 Å². The van der Waals surface area contributed by atoms with Crippen molar-refractivity contribution in [2.75, 3.05) is 21.3 Å². The van der Waals surface area contributed by atoms with E-state index in [0.29, 0.717) is 17.5 Å². The molecule has 25 heavy (non-hydrogen) atoms. The predicted octanol–water partition coefficient (Wildman–Crippen LogP) is 3.80. The van der Waals surface area contributed by atoms with E-state index in [9.17, 15) is 4.79 Å². The molecule has 0 atom stereocenters. The minimum atomic E-state index is -0.0360. The van der Waals surface area contributed by atoms with E-state index in [-0.39, 0.29) is 6.03 Å². The van der Waals surface area contributed by atoms with Gasteiger partial charge in [-0.2, -0.15) is 0 Å². The third-order valence-corrected chi connectivity index (χ3v) is 4.91. The molecule has 1 aromatic heterocycles. The maximum atomic E-state index is 12.7. The largest absolute Gasteiger partial charge is 0.493 e. The highest BCUT2D eigenvalue weighted by molar-refractivity contribution is 5.78. The van der Waals surface area contributed by atoms with E-state index in [0.717, 1.165) is 24.1 Å². The maximum absolute atomic E-state index is 12.7. The van der Waals surface area contributed by atoms with E-state index in [4.69, 9.17) is 9.47 Å². The van der Waals surface area contributed by atoms with Crippen LogP contribution in [0.4, 0.5) is 4.79 Å². The van der Waals surface area contributed by atoms with E-state index < -0.39 is 0 Å². The number of aromatic nitrogens is 2. The molecular formula is C19H25N3O3. The predicted molar refractivity (Wildman–Crippen MR) is 96.2 cm³/mol. The molecule has 6 nitrogen and oxygen atoms in total. The molecule has 134 valence electrons. The molecule has 1 amide bonds. The summed E-state index contributed by atoms with van der Waals surface area (Å²) in [6, 6.07) is 5.90. The Kier molecular flexibility index (Phi) is 5.26. The lowest BCUT2D eigenvalue weighted by molar-refractivity contribution is 0.175. The fourth-order valence-corrected chi connectivity index (χ4v) is 3.38. The highest BCUT2D eigenvalue weighted by atomic mass is 16.5. The minimum Gasteiger partial charge on any atom is -0.493 e. The molecular weight excluding hydrogens is 318 g/mol. The summed E-state index contributed by atoms with van der Waals surface area (Å²) >= 11 is 0. The van der Waals surface area contributed by atoms with Gasteiger partial charge in [-0.15, -0.1) is 0 Å². The van der Waals surface area contributed by atoms with Crippen molar-refractivity contribution < 1.29 is 14.3 Å². The summed E-state index contributed by atoms with van der Waals surface area (Å²) in [6.07, 6.45) is 9.18. The smallest absolute Gasteiger partial charge is 0.329 e. The second kappa shape index (κ2) is 7.59. The third-order valence-electron chi connectivity index (χ3n) is 4.91. The number of methoxy groups -OCH3 is 2. The monoisotopic (exact) mass is 343 g/mol. The van der Waals surface area contributed by atoms with Gasteiger partial charge >= 0.3 is 6.03 Å². The van der Waals surface area contributed by atoms with Crippen molar-refractivity contribution in [3.8, 4) is 22.8 Å². The summed E-state index contributed by atoms with van der Waals surface area (Å²) in [6.45, 7) is 0. The molecule has 0 aliphatic heterocycles. The number of rotatable bonds is 4. The number of carbonyl (C=O) groups is 1. The minimum absolute atomic E-state index is 0.0360. The summed E-state index contributed by atoms with van der Waals surface area (Å²) in [5.41, 5.74) is 1.61. The number of amides is 1. The molecule has 6 heteroatoms. The van der Waals surface area contributed by atoms with Gasteiger partial charge in [-0.3, -0.25) is 4.57 Å². The maximum Gasteiger partial charge on any atom is 0.329 e. The normalized spacial score (nSPS) is 15.0. The summed E-state index contributed by atoms with van der Waals surface area (Å²) in [7, 11) is 5.09. The Bertz CT molecular complexity index is 735. The average Bonchev–Trinajstić information content (AvgIpc) is 3.17. The van der Waals surface area contributed by atoms with Crippen LogP contribution in [0.1, 0.15) is 32.1 Å². The van der Waals surface area contributed by atoms with E-state index in [1.54, 1.807) is 31.3 Å². The first-order chi connectivity index (χ1) is 12.1. The van der Waals surface area contributed by atoms with Crippen molar-refractivity contribution in [1.82, 2.24) is 14.5 Å². The molecule has 1 aliphatic carbocycles. The number of imidazole rings is 1. The SMILES string of the molecule is COc1ccc(-c2cn(C(=O)N(C)C3CCCCC3)cn2)cc1OC. The number of hydrogen-bond acceptors (Lipinski definition) is 4. The molecule has 0 spiro atoms. The number of ether oxygens (including phenoxy) is 2. The lowest BCUT2D eigenvalue weighted by Gasteiger charge is -2.31. The summed E-state index contributed by atoms with van der Waals surface area (Å²) < 4.78 is 12.1. The standard InChI is InChI=1S/C19H25N3O3/c1-21(15-7-5-4-6-8-15)19(23)22-12-16(20-13-22)14-9-10-17(24-2)18(11-14)25-3/h9-13,15H,4-8H2,1-3H3. The van der Waals surface area contributed by atoms with Crippen LogP contribution in [0.25, 0.3) is 11.3 Å². The van der Waals surface area contributed by atoms with Crippen molar-refractivity contribution in [2.24, 2.45) is 0 Å². The van der Waals surface area contributed by atoms with Crippen LogP contribution in [0.3, 0.4) is 0 Å². The first-order valence-electron chi connectivity index (χ1n) is 8.67. The van der Waals surface area contributed by atoms with Crippen LogP contribution >= 0.6 is 0 Å². The van der Waals surface area contributed by atoms with Crippen LogP contribution in [-0.2, 0) is 0 Å².